The average molecular weight is 355 g/mol. The molecule has 1 heterocycles. The van der Waals surface area contributed by atoms with Crippen LogP contribution in [-0.2, 0) is 6.54 Å². The van der Waals surface area contributed by atoms with Gasteiger partial charge < -0.3 is 0 Å². The van der Waals surface area contributed by atoms with Gasteiger partial charge in [-0.05, 0) is 57.3 Å². The molecule has 0 aliphatic heterocycles. The summed E-state index contributed by atoms with van der Waals surface area (Å²) in [5, 5.41) is 4.43. The molecule has 0 aromatic carbocycles. The molecule has 72 valence electrons. The van der Waals surface area contributed by atoms with E-state index in [2.05, 4.69) is 54.5 Å². The Bertz CT molecular complexity index is 272. The Hall–Kier alpha value is 0.420. The Morgan fingerprint density at radius 1 is 1.54 bits per heavy atom. The molecule has 0 bridgehead atoms. The summed E-state index contributed by atoms with van der Waals surface area (Å²) in [7, 11) is 0. The summed E-state index contributed by atoms with van der Waals surface area (Å²) in [6.45, 7) is 1.10. The third kappa shape index (κ3) is 2.46. The minimum Gasteiger partial charge on any atom is -0.270 e. The van der Waals surface area contributed by atoms with Crippen LogP contribution < -0.4 is 0 Å². The van der Waals surface area contributed by atoms with Crippen LogP contribution in [0.25, 0.3) is 0 Å². The average Bonchev–Trinajstić information content (AvgIpc) is 2.64. The summed E-state index contributed by atoms with van der Waals surface area (Å²) in [5.41, 5.74) is 0. The van der Waals surface area contributed by atoms with E-state index in [1.807, 2.05) is 0 Å². The first-order valence-corrected chi connectivity index (χ1v) is 6.51. The van der Waals surface area contributed by atoms with E-state index in [0.717, 1.165) is 20.6 Å². The second-order valence-electron chi connectivity index (χ2n) is 3.64. The van der Waals surface area contributed by atoms with Crippen molar-refractivity contribution in [2.24, 2.45) is 5.92 Å². The highest BCUT2D eigenvalue weighted by Crippen LogP contribution is 2.26. The van der Waals surface area contributed by atoms with E-state index in [4.69, 9.17) is 0 Å². The SMILES string of the molecule is Brc1cn(CC2CCCC2)nc1I. The smallest absolute Gasteiger partial charge is 0.137 e. The normalized spacial score (nSPS) is 18.3. The molecule has 0 amide bonds. The van der Waals surface area contributed by atoms with E-state index in [1.54, 1.807) is 0 Å². The fraction of sp³-hybridized carbons (Fsp3) is 0.667. The molecule has 1 aliphatic carbocycles. The zero-order valence-electron chi connectivity index (χ0n) is 7.34. The molecule has 0 radical (unpaired) electrons. The van der Waals surface area contributed by atoms with Crippen molar-refractivity contribution >= 4 is 38.5 Å². The van der Waals surface area contributed by atoms with Gasteiger partial charge in [-0.2, -0.15) is 5.10 Å². The molecule has 1 fully saturated rings. The maximum atomic E-state index is 4.43. The lowest BCUT2D eigenvalue weighted by Gasteiger charge is -2.07. The Balaban J connectivity index is 2.00. The van der Waals surface area contributed by atoms with Crippen LogP contribution in [0, 0.1) is 9.62 Å². The molecule has 1 saturated carbocycles. The molecule has 1 aromatic heterocycles. The number of aromatic nitrogens is 2. The van der Waals surface area contributed by atoms with Crippen LogP contribution in [-0.4, -0.2) is 9.78 Å². The number of nitrogens with zero attached hydrogens (tertiary/aromatic N) is 2. The first kappa shape index (κ1) is 9.96. The van der Waals surface area contributed by atoms with Crippen molar-refractivity contribution in [3.05, 3.63) is 14.4 Å². The second kappa shape index (κ2) is 4.29. The highest BCUT2D eigenvalue weighted by atomic mass is 127. The predicted molar refractivity (Wildman–Crippen MR) is 64.6 cm³/mol. The molecule has 0 saturated heterocycles. The van der Waals surface area contributed by atoms with Crippen molar-refractivity contribution in [3.63, 3.8) is 0 Å². The molecule has 13 heavy (non-hydrogen) atoms. The molecule has 0 N–H and O–H groups in total. The monoisotopic (exact) mass is 354 g/mol. The van der Waals surface area contributed by atoms with E-state index in [1.165, 1.54) is 25.7 Å². The van der Waals surface area contributed by atoms with Crippen LogP contribution in [0.3, 0.4) is 0 Å². The molecule has 0 unspecified atom stereocenters. The van der Waals surface area contributed by atoms with Crippen molar-refractivity contribution < 1.29 is 0 Å². The Morgan fingerprint density at radius 2 is 2.23 bits per heavy atom. The maximum absolute atomic E-state index is 4.43. The summed E-state index contributed by atoms with van der Waals surface area (Å²) >= 11 is 5.73. The number of hydrogen-bond donors (Lipinski definition) is 0. The Labute approximate surface area is 100 Å². The van der Waals surface area contributed by atoms with Crippen LogP contribution in [0.4, 0.5) is 0 Å². The molecule has 1 aromatic rings. The molecule has 4 heteroatoms. The third-order valence-corrected chi connectivity index (χ3v) is 4.71. The summed E-state index contributed by atoms with van der Waals surface area (Å²) in [6, 6.07) is 0. The third-order valence-electron chi connectivity index (χ3n) is 2.60. The molecule has 2 nitrogen and oxygen atoms in total. The topological polar surface area (TPSA) is 17.8 Å². The molecule has 0 atom stereocenters. The van der Waals surface area contributed by atoms with Gasteiger partial charge in [0.1, 0.15) is 3.70 Å². The molecule has 2 rings (SSSR count). The minimum atomic E-state index is 0.864. The lowest BCUT2D eigenvalue weighted by atomic mass is 10.1. The molecule has 0 spiro atoms. The maximum Gasteiger partial charge on any atom is 0.137 e. The van der Waals surface area contributed by atoms with Gasteiger partial charge in [-0.25, -0.2) is 0 Å². The van der Waals surface area contributed by atoms with E-state index in [9.17, 15) is 0 Å². The number of hydrogen-bond acceptors (Lipinski definition) is 1. The quantitative estimate of drug-likeness (QED) is 0.744. The van der Waals surface area contributed by atoms with Gasteiger partial charge in [-0.3, -0.25) is 4.68 Å². The predicted octanol–water partition coefficient (Wildman–Crippen LogP) is 3.44. The lowest BCUT2D eigenvalue weighted by Crippen LogP contribution is -2.07. The fourth-order valence-electron chi connectivity index (χ4n) is 1.92. The van der Waals surface area contributed by atoms with Crippen molar-refractivity contribution in [3.8, 4) is 0 Å². The molecule has 1 aliphatic rings. The summed E-state index contributed by atoms with van der Waals surface area (Å²) in [4.78, 5) is 0. The van der Waals surface area contributed by atoms with Crippen LogP contribution in [0.2, 0.25) is 0 Å². The zero-order valence-corrected chi connectivity index (χ0v) is 11.1. The van der Waals surface area contributed by atoms with E-state index in [0.29, 0.717) is 0 Å². The summed E-state index contributed by atoms with van der Waals surface area (Å²) < 4.78 is 4.25. The summed E-state index contributed by atoms with van der Waals surface area (Å²) in [6.07, 6.45) is 7.66. The van der Waals surface area contributed by atoms with Crippen molar-refractivity contribution in [2.45, 2.75) is 32.2 Å². The van der Waals surface area contributed by atoms with Crippen LogP contribution in [0.15, 0.2) is 10.7 Å². The first-order valence-electron chi connectivity index (χ1n) is 4.64. The van der Waals surface area contributed by atoms with E-state index < -0.39 is 0 Å². The first-order chi connectivity index (χ1) is 6.25. The van der Waals surface area contributed by atoms with Crippen molar-refractivity contribution in [1.29, 1.82) is 0 Å². The largest absolute Gasteiger partial charge is 0.270 e. The van der Waals surface area contributed by atoms with E-state index >= 15 is 0 Å². The molecular weight excluding hydrogens is 343 g/mol. The van der Waals surface area contributed by atoms with Gasteiger partial charge in [-0.1, -0.05) is 12.8 Å². The van der Waals surface area contributed by atoms with Crippen LogP contribution in [0.1, 0.15) is 25.7 Å². The Kier molecular flexibility index (Phi) is 3.29. The van der Waals surface area contributed by atoms with Gasteiger partial charge in [0.05, 0.1) is 4.47 Å². The van der Waals surface area contributed by atoms with Gasteiger partial charge in [0, 0.05) is 12.7 Å². The fourth-order valence-corrected chi connectivity index (χ4v) is 2.66. The van der Waals surface area contributed by atoms with Gasteiger partial charge >= 0.3 is 0 Å². The minimum absolute atomic E-state index is 0.864. The highest BCUT2D eigenvalue weighted by molar-refractivity contribution is 14.1. The highest BCUT2D eigenvalue weighted by Gasteiger charge is 2.16. The zero-order chi connectivity index (χ0) is 9.26. The second-order valence-corrected chi connectivity index (χ2v) is 5.52. The molecular formula is C9H12BrIN2. The van der Waals surface area contributed by atoms with Crippen LogP contribution in [0.5, 0.6) is 0 Å². The van der Waals surface area contributed by atoms with Crippen molar-refractivity contribution in [1.82, 2.24) is 9.78 Å². The van der Waals surface area contributed by atoms with Gasteiger partial charge in [0.2, 0.25) is 0 Å². The van der Waals surface area contributed by atoms with Crippen molar-refractivity contribution in [2.75, 3.05) is 0 Å². The standard InChI is InChI=1S/C9H12BrIN2/c10-8-6-13(12-9(8)11)5-7-3-1-2-4-7/h6-7H,1-5H2. The van der Waals surface area contributed by atoms with E-state index in [-0.39, 0.29) is 0 Å². The number of rotatable bonds is 2. The van der Waals surface area contributed by atoms with Crippen LogP contribution >= 0.6 is 38.5 Å². The van der Waals surface area contributed by atoms with Gasteiger partial charge in [-0.15, -0.1) is 0 Å². The number of halogens is 2. The van der Waals surface area contributed by atoms with Gasteiger partial charge in [0.15, 0.2) is 0 Å². The summed E-state index contributed by atoms with van der Waals surface area (Å²) in [5.74, 6) is 0.864. The van der Waals surface area contributed by atoms with Gasteiger partial charge in [0.25, 0.3) is 0 Å². The lowest BCUT2D eigenvalue weighted by molar-refractivity contribution is 0.428. The Morgan fingerprint density at radius 3 is 2.77 bits per heavy atom.